The molecule has 5 nitrogen and oxygen atoms in total. The van der Waals surface area contributed by atoms with Crippen LogP contribution in [0.15, 0.2) is 48.5 Å². The molecule has 2 aromatic rings. The number of anilines is 1. The van der Waals surface area contributed by atoms with Crippen LogP contribution in [0.2, 0.25) is 5.02 Å². The summed E-state index contributed by atoms with van der Waals surface area (Å²) < 4.78 is 5.16. The number of thiocarbonyl (C=S) groups is 1. The van der Waals surface area contributed by atoms with E-state index in [1.54, 1.807) is 55.6 Å². The maximum atomic E-state index is 12.7. The molecule has 0 saturated heterocycles. The van der Waals surface area contributed by atoms with Gasteiger partial charge in [-0.05, 0) is 36.5 Å². The summed E-state index contributed by atoms with van der Waals surface area (Å²) >= 11 is 10.9. The minimum absolute atomic E-state index is 0.0387. The van der Waals surface area contributed by atoms with Crippen LogP contribution in [-0.2, 0) is 0 Å². The van der Waals surface area contributed by atoms with E-state index in [1.807, 2.05) is 0 Å². The van der Waals surface area contributed by atoms with Gasteiger partial charge in [-0.25, -0.2) is 5.01 Å². The van der Waals surface area contributed by atoms with Crippen LogP contribution >= 0.6 is 23.8 Å². The van der Waals surface area contributed by atoms with Crippen molar-refractivity contribution < 1.29 is 9.53 Å². The quantitative estimate of drug-likeness (QED) is 0.667. The highest BCUT2D eigenvalue weighted by Gasteiger charge is 2.21. The second-order valence-corrected chi connectivity index (χ2v) is 5.14. The van der Waals surface area contributed by atoms with E-state index in [4.69, 9.17) is 34.3 Å². The Morgan fingerprint density at radius 3 is 2.64 bits per heavy atom. The molecule has 7 heteroatoms. The first-order chi connectivity index (χ1) is 10.5. The van der Waals surface area contributed by atoms with Crippen molar-refractivity contribution in [1.82, 2.24) is 5.43 Å². The molecule has 0 saturated carbocycles. The summed E-state index contributed by atoms with van der Waals surface area (Å²) in [6, 6.07) is 13.7. The van der Waals surface area contributed by atoms with Gasteiger partial charge in [0.15, 0.2) is 5.11 Å². The number of carbonyl (C=O) groups excluding carboxylic acids is 1. The molecule has 0 unspecified atom stereocenters. The Morgan fingerprint density at radius 2 is 2.00 bits per heavy atom. The normalized spacial score (nSPS) is 9.91. The number of nitrogens with zero attached hydrogens (tertiary/aromatic N) is 1. The van der Waals surface area contributed by atoms with Gasteiger partial charge in [-0.15, -0.1) is 0 Å². The first kappa shape index (κ1) is 16.1. The van der Waals surface area contributed by atoms with Crippen molar-refractivity contribution in [2.45, 2.75) is 0 Å². The van der Waals surface area contributed by atoms with E-state index in [9.17, 15) is 4.79 Å². The zero-order valence-corrected chi connectivity index (χ0v) is 13.3. The van der Waals surface area contributed by atoms with Gasteiger partial charge in [-0.3, -0.25) is 10.2 Å². The number of ether oxygens (including phenoxy) is 1. The molecule has 0 aromatic heterocycles. The molecular formula is C15H14ClN3O2S. The molecule has 22 heavy (non-hydrogen) atoms. The van der Waals surface area contributed by atoms with E-state index < -0.39 is 0 Å². The third-order valence-corrected chi connectivity index (χ3v) is 3.26. The molecule has 0 aliphatic heterocycles. The van der Waals surface area contributed by atoms with Crippen LogP contribution in [0.3, 0.4) is 0 Å². The Bertz CT molecular complexity index is 709. The van der Waals surface area contributed by atoms with Gasteiger partial charge in [0.2, 0.25) is 0 Å². The number of benzene rings is 2. The number of nitrogens with two attached hydrogens (primary N) is 1. The Balaban J connectivity index is 2.43. The highest BCUT2D eigenvalue weighted by molar-refractivity contribution is 7.80. The third-order valence-electron chi connectivity index (χ3n) is 2.84. The standard InChI is InChI=1S/C15H14ClN3O2S/c1-21-11-6-4-5-10(9-11)19(18-15(17)22)14(20)12-7-2-3-8-13(12)16/h2-9H,1H3,(H3,17,18,22). The maximum Gasteiger partial charge on any atom is 0.278 e. The van der Waals surface area contributed by atoms with E-state index in [1.165, 1.54) is 5.01 Å². The summed E-state index contributed by atoms with van der Waals surface area (Å²) in [6.45, 7) is 0. The fourth-order valence-corrected chi connectivity index (χ4v) is 2.16. The van der Waals surface area contributed by atoms with Gasteiger partial charge in [0.25, 0.3) is 5.91 Å². The first-order valence-corrected chi connectivity index (χ1v) is 7.10. The lowest BCUT2D eigenvalue weighted by molar-refractivity contribution is 0.0981. The van der Waals surface area contributed by atoms with Crippen molar-refractivity contribution in [2.24, 2.45) is 5.73 Å². The summed E-state index contributed by atoms with van der Waals surface area (Å²) in [6.07, 6.45) is 0. The van der Waals surface area contributed by atoms with Gasteiger partial charge >= 0.3 is 0 Å². The molecule has 2 rings (SSSR count). The molecule has 0 heterocycles. The van der Waals surface area contributed by atoms with Crippen molar-refractivity contribution in [2.75, 3.05) is 12.1 Å². The molecule has 114 valence electrons. The zero-order valence-electron chi connectivity index (χ0n) is 11.7. The predicted molar refractivity (Wildman–Crippen MR) is 91.2 cm³/mol. The second-order valence-electron chi connectivity index (χ2n) is 4.30. The smallest absolute Gasteiger partial charge is 0.278 e. The fourth-order valence-electron chi connectivity index (χ4n) is 1.85. The Labute approximate surface area is 138 Å². The van der Waals surface area contributed by atoms with Crippen molar-refractivity contribution >= 4 is 40.5 Å². The Kier molecular flexibility index (Phi) is 5.19. The van der Waals surface area contributed by atoms with E-state index in [2.05, 4.69) is 5.43 Å². The molecule has 2 aromatic carbocycles. The van der Waals surface area contributed by atoms with Crippen LogP contribution in [0.5, 0.6) is 5.75 Å². The first-order valence-electron chi connectivity index (χ1n) is 6.32. The van der Waals surface area contributed by atoms with E-state index in [0.29, 0.717) is 22.0 Å². The van der Waals surface area contributed by atoms with Crippen LogP contribution in [0.1, 0.15) is 10.4 Å². The summed E-state index contributed by atoms with van der Waals surface area (Å²) in [5.41, 5.74) is 9.02. The van der Waals surface area contributed by atoms with Gasteiger partial charge in [-0.1, -0.05) is 29.8 Å². The third kappa shape index (κ3) is 3.66. The van der Waals surface area contributed by atoms with Crippen molar-refractivity contribution in [3.63, 3.8) is 0 Å². The number of nitrogens with one attached hydrogen (secondary N) is 1. The number of hydrogen-bond acceptors (Lipinski definition) is 3. The van der Waals surface area contributed by atoms with Crippen molar-refractivity contribution in [3.05, 3.63) is 59.1 Å². The maximum absolute atomic E-state index is 12.7. The molecule has 0 radical (unpaired) electrons. The van der Waals surface area contributed by atoms with Gasteiger partial charge in [0.1, 0.15) is 5.75 Å². The number of rotatable bonds is 3. The largest absolute Gasteiger partial charge is 0.497 e. The predicted octanol–water partition coefficient (Wildman–Crippen LogP) is 2.74. The number of hydrogen-bond donors (Lipinski definition) is 2. The minimum Gasteiger partial charge on any atom is -0.497 e. The number of halogens is 1. The van der Waals surface area contributed by atoms with Crippen molar-refractivity contribution in [3.8, 4) is 5.75 Å². The van der Waals surface area contributed by atoms with Crippen LogP contribution in [0, 0.1) is 0 Å². The monoisotopic (exact) mass is 335 g/mol. The molecule has 0 aliphatic carbocycles. The average molecular weight is 336 g/mol. The fraction of sp³-hybridized carbons (Fsp3) is 0.0667. The number of amides is 1. The molecule has 0 spiro atoms. The summed E-state index contributed by atoms with van der Waals surface area (Å²) in [5, 5.41) is 1.53. The molecule has 0 aliphatic rings. The lowest BCUT2D eigenvalue weighted by atomic mass is 10.2. The van der Waals surface area contributed by atoms with Gasteiger partial charge in [0.05, 0.1) is 23.4 Å². The molecule has 0 fully saturated rings. The van der Waals surface area contributed by atoms with Gasteiger partial charge in [-0.2, -0.15) is 0 Å². The molecule has 0 bridgehead atoms. The van der Waals surface area contributed by atoms with Crippen LogP contribution in [-0.4, -0.2) is 18.1 Å². The molecule has 0 atom stereocenters. The number of hydrazine groups is 1. The van der Waals surface area contributed by atoms with Gasteiger partial charge in [0, 0.05) is 6.07 Å². The van der Waals surface area contributed by atoms with Crippen LogP contribution < -0.4 is 20.9 Å². The highest BCUT2D eigenvalue weighted by atomic mass is 35.5. The lowest BCUT2D eigenvalue weighted by Gasteiger charge is -2.24. The summed E-state index contributed by atoms with van der Waals surface area (Å²) in [7, 11) is 1.54. The summed E-state index contributed by atoms with van der Waals surface area (Å²) in [4.78, 5) is 12.7. The summed E-state index contributed by atoms with van der Waals surface area (Å²) in [5.74, 6) is 0.214. The van der Waals surface area contributed by atoms with Crippen molar-refractivity contribution in [1.29, 1.82) is 0 Å². The van der Waals surface area contributed by atoms with Crippen LogP contribution in [0.4, 0.5) is 5.69 Å². The number of carbonyl (C=O) groups is 1. The van der Waals surface area contributed by atoms with Crippen LogP contribution in [0.25, 0.3) is 0 Å². The SMILES string of the molecule is COc1cccc(N(NC(N)=S)C(=O)c2ccccc2Cl)c1. The van der Waals surface area contributed by atoms with E-state index in [-0.39, 0.29) is 11.0 Å². The molecule has 1 amide bonds. The lowest BCUT2D eigenvalue weighted by Crippen LogP contribution is -2.48. The van der Waals surface area contributed by atoms with E-state index >= 15 is 0 Å². The Morgan fingerprint density at radius 1 is 1.27 bits per heavy atom. The number of methoxy groups -OCH3 is 1. The minimum atomic E-state index is -0.383. The molecular weight excluding hydrogens is 322 g/mol. The second kappa shape index (κ2) is 7.11. The Hall–Kier alpha value is -2.31. The average Bonchev–Trinajstić information content (AvgIpc) is 2.52. The zero-order chi connectivity index (χ0) is 16.1. The topological polar surface area (TPSA) is 67.6 Å². The molecule has 3 N–H and O–H groups in total. The highest BCUT2D eigenvalue weighted by Crippen LogP contribution is 2.23. The van der Waals surface area contributed by atoms with E-state index in [0.717, 1.165) is 0 Å². The van der Waals surface area contributed by atoms with Gasteiger partial charge < -0.3 is 10.5 Å².